The van der Waals surface area contributed by atoms with Gasteiger partial charge in [0.25, 0.3) is 0 Å². The first-order valence-corrected chi connectivity index (χ1v) is 4.92. The van der Waals surface area contributed by atoms with Gasteiger partial charge in [0.05, 0.1) is 6.04 Å². The molecule has 1 aliphatic heterocycles. The number of benzene rings is 1. The fraction of sp³-hybridized carbons (Fsp3) is 0.333. The minimum atomic E-state index is 0.441. The van der Waals surface area contributed by atoms with Gasteiger partial charge in [-0.2, -0.15) is 0 Å². The molecule has 0 radical (unpaired) electrons. The van der Waals surface area contributed by atoms with E-state index in [-0.39, 0.29) is 0 Å². The van der Waals surface area contributed by atoms with Crippen LogP contribution in [0, 0.1) is 0 Å². The lowest BCUT2D eigenvalue weighted by Crippen LogP contribution is -2.13. The first-order chi connectivity index (χ1) is 6.47. The molecule has 13 heavy (non-hydrogen) atoms. The molecule has 0 saturated carbocycles. The second-order valence-electron chi connectivity index (χ2n) is 2.72. The number of hydrogen-bond donors (Lipinski definition) is 1. The van der Waals surface area contributed by atoms with Crippen LogP contribution in [0.4, 0.5) is 0 Å². The van der Waals surface area contributed by atoms with E-state index in [1.165, 1.54) is 5.56 Å². The standard InChI is InChI=1S/C10H11N.C2H6/c1-2-5-9(6-3-1)10-7-4-8-11-10;1-2/h1-7,10-11H,8H2;1-2H3. The fourth-order valence-electron chi connectivity index (χ4n) is 1.36. The molecule has 2 rings (SSSR count). The molecular formula is C12H17N. The lowest BCUT2D eigenvalue weighted by atomic mass is 10.1. The summed E-state index contributed by atoms with van der Waals surface area (Å²) in [5.74, 6) is 0. The van der Waals surface area contributed by atoms with E-state index >= 15 is 0 Å². The van der Waals surface area contributed by atoms with Crippen LogP contribution in [0.5, 0.6) is 0 Å². The van der Waals surface area contributed by atoms with Crippen LogP contribution in [0.25, 0.3) is 0 Å². The van der Waals surface area contributed by atoms with Crippen molar-refractivity contribution in [3.8, 4) is 0 Å². The average Bonchev–Trinajstić information content (AvgIpc) is 2.75. The summed E-state index contributed by atoms with van der Waals surface area (Å²) in [6, 6.07) is 10.9. The van der Waals surface area contributed by atoms with Crippen LogP contribution in [0.1, 0.15) is 25.5 Å². The van der Waals surface area contributed by atoms with Crippen molar-refractivity contribution < 1.29 is 0 Å². The smallest absolute Gasteiger partial charge is 0.0509 e. The number of rotatable bonds is 1. The van der Waals surface area contributed by atoms with Gasteiger partial charge in [0.1, 0.15) is 0 Å². The first kappa shape index (κ1) is 10.0. The molecule has 1 aromatic rings. The minimum Gasteiger partial charge on any atom is -0.303 e. The highest BCUT2D eigenvalue weighted by atomic mass is 14.9. The topological polar surface area (TPSA) is 12.0 Å². The molecule has 1 heteroatoms. The quantitative estimate of drug-likeness (QED) is 0.647. The maximum Gasteiger partial charge on any atom is 0.0509 e. The number of hydrogen-bond acceptors (Lipinski definition) is 1. The number of nitrogens with one attached hydrogen (secondary N) is 1. The molecule has 0 fully saturated rings. The molecule has 0 amide bonds. The van der Waals surface area contributed by atoms with Crippen LogP contribution in [0.2, 0.25) is 0 Å². The van der Waals surface area contributed by atoms with Gasteiger partial charge in [0, 0.05) is 6.54 Å². The zero-order valence-corrected chi connectivity index (χ0v) is 8.33. The Morgan fingerprint density at radius 3 is 2.38 bits per heavy atom. The Hall–Kier alpha value is -1.08. The van der Waals surface area contributed by atoms with Crippen molar-refractivity contribution in [3.05, 3.63) is 48.0 Å². The summed E-state index contributed by atoms with van der Waals surface area (Å²) in [5, 5.41) is 3.36. The van der Waals surface area contributed by atoms with E-state index in [0.29, 0.717) is 6.04 Å². The zero-order chi connectivity index (χ0) is 9.52. The predicted octanol–water partition coefficient (Wildman–Crippen LogP) is 2.91. The third kappa shape index (κ3) is 2.71. The Labute approximate surface area is 80.5 Å². The molecule has 0 saturated heterocycles. The van der Waals surface area contributed by atoms with Crippen LogP contribution in [0.15, 0.2) is 42.5 Å². The summed E-state index contributed by atoms with van der Waals surface area (Å²) >= 11 is 0. The summed E-state index contributed by atoms with van der Waals surface area (Å²) in [7, 11) is 0. The van der Waals surface area contributed by atoms with E-state index in [2.05, 4.69) is 41.7 Å². The molecule has 1 nitrogen and oxygen atoms in total. The Balaban J connectivity index is 0.000000396. The summed E-state index contributed by atoms with van der Waals surface area (Å²) in [6.45, 7) is 5.00. The SMILES string of the molecule is C1=CC(c2ccccc2)NC1.CC. The van der Waals surface area contributed by atoms with Crippen molar-refractivity contribution >= 4 is 0 Å². The molecule has 1 heterocycles. The van der Waals surface area contributed by atoms with Gasteiger partial charge < -0.3 is 5.32 Å². The minimum absolute atomic E-state index is 0.441. The molecule has 1 unspecified atom stereocenters. The van der Waals surface area contributed by atoms with Gasteiger partial charge in [-0.05, 0) is 5.56 Å². The average molecular weight is 175 g/mol. The second-order valence-corrected chi connectivity index (χ2v) is 2.72. The van der Waals surface area contributed by atoms with Gasteiger partial charge in [-0.25, -0.2) is 0 Å². The fourth-order valence-corrected chi connectivity index (χ4v) is 1.36. The van der Waals surface area contributed by atoms with Crippen LogP contribution < -0.4 is 5.32 Å². The Morgan fingerprint density at radius 1 is 1.15 bits per heavy atom. The summed E-state index contributed by atoms with van der Waals surface area (Å²) in [5.41, 5.74) is 1.35. The lowest BCUT2D eigenvalue weighted by molar-refractivity contribution is 0.713. The van der Waals surface area contributed by atoms with Crippen molar-refractivity contribution in [2.45, 2.75) is 19.9 Å². The van der Waals surface area contributed by atoms with E-state index in [9.17, 15) is 0 Å². The van der Waals surface area contributed by atoms with E-state index in [0.717, 1.165) is 6.54 Å². The van der Waals surface area contributed by atoms with Gasteiger partial charge in [-0.15, -0.1) is 0 Å². The molecule has 0 aliphatic carbocycles. The molecular weight excluding hydrogens is 158 g/mol. The highest BCUT2D eigenvalue weighted by Gasteiger charge is 2.08. The van der Waals surface area contributed by atoms with Crippen molar-refractivity contribution in [1.82, 2.24) is 5.32 Å². The predicted molar refractivity (Wildman–Crippen MR) is 57.7 cm³/mol. The van der Waals surface area contributed by atoms with E-state index in [4.69, 9.17) is 0 Å². The van der Waals surface area contributed by atoms with Crippen molar-refractivity contribution in [2.75, 3.05) is 6.54 Å². The zero-order valence-electron chi connectivity index (χ0n) is 8.33. The largest absolute Gasteiger partial charge is 0.303 e. The maximum absolute atomic E-state index is 3.36. The Bertz CT molecular complexity index is 251. The lowest BCUT2D eigenvalue weighted by Gasteiger charge is -2.07. The van der Waals surface area contributed by atoms with Crippen molar-refractivity contribution in [3.63, 3.8) is 0 Å². The van der Waals surface area contributed by atoms with Gasteiger partial charge >= 0.3 is 0 Å². The van der Waals surface area contributed by atoms with Gasteiger partial charge in [-0.3, -0.25) is 0 Å². The molecule has 0 spiro atoms. The second kappa shape index (κ2) is 5.55. The molecule has 70 valence electrons. The summed E-state index contributed by atoms with van der Waals surface area (Å²) < 4.78 is 0. The summed E-state index contributed by atoms with van der Waals surface area (Å²) in [4.78, 5) is 0. The molecule has 0 aromatic heterocycles. The first-order valence-electron chi connectivity index (χ1n) is 4.92. The summed E-state index contributed by atoms with van der Waals surface area (Å²) in [6.07, 6.45) is 4.37. The molecule has 1 aromatic carbocycles. The van der Waals surface area contributed by atoms with Crippen LogP contribution in [0.3, 0.4) is 0 Å². The van der Waals surface area contributed by atoms with Gasteiger partial charge in [0.15, 0.2) is 0 Å². The highest BCUT2D eigenvalue weighted by Crippen LogP contribution is 2.16. The van der Waals surface area contributed by atoms with Gasteiger partial charge in [0.2, 0.25) is 0 Å². The Kier molecular flexibility index (Phi) is 4.27. The molecule has 0 bridgehead atoms. The molecule has 1 atom stereocenters. The third-order valence-electron chi connectivity index (χ3n) is 1.94. The van der Waals surface area contributed by atoms with E-state index in [1.807, 2.05) is 19.9 Å². The maximum atomic E-state index is 3.36. The van der Waals surface area contributed by atoms with Gasteiger partial charge in [-0.1, -0.05) is 56.3 Å². The van der Waals surface area contributed by atoms with Crippen LogP contribution in [-0.4, -0.2) is 6.54 Å². The Morgan fingerprint density at radius 2 is 1.85 bits per heavy atom. The molecule has 1 aliphatic rings. The highest BCUT2D eigenvalue weighted by molar-refractivity contribution is 5.25. The molecule has 1 N–H and O–H groups in total. The third-order valence-corrected chi connectivity index (χ3v) is 1.94. The van der Waals surface area contributed by atoms with E-state index in [1.54, 1.807) is 0 Å². The van der Waals surface area contributed by atoms with Crippen LogP contribution >= 0.6 is 0 Å². The van der Waals surface area contributed by atoms with Crippen molar-refractivity contribution in [2.24, 2.45) is 0 Å². The normalized spacial score (nSPS) is 19.4. The van der Waals surface area contributed by atoms with Crippen LogP contribution in [-0.2, 0) is 0 Å². The monoisotopic (exact) mass is 175 g/mol. The van der Waals surface area contributed by atoms with Crippen molar-refractivity contribution in [1.29, 1.82) is 0 Å². The van der Waals surface area contributed by atoms with E-state index < -0.39 is 0 Å².